The van der Waals surface area contributed by atoms with Crippen molar-refractivity contribution in [2.24, 2.45) is 0 Å². The van der Waals surface area contributed by atoms with E-state index in [1.54, 1.807) is 0 Å². The number of quaternary nitrogens is 4. The minimum Gasteiger partial charge on any atom is -0.488 e. The van der Waals surface area contributed by atoms with E-state index in [0.29, 0.717) is 26.4 Å². The first kappa shape index (κ1) is 52.5. The van der Waals surface area contributed by atoms with Crippen LogP contribution in [-0.2, 0) is 0 Å². The smallest absolute Gasteiger partial charge is 0.137 e. The maximum Gasteiger partial charge on any atom is 0.137 e. The summed E-state index contributed by atoms with van der Waals surface area (Å²) >= 11 is 0. The Morgan fingerprint density at radius 3 is 0.774 bits per heavy atom. The van der Waals surface area contributed by atoms with E-state index < -0.39 is 0 Å². The number of hydrogen-bond acceptors (Lipinski definition) is 4. The zero-order valence-electron chi connectivity index (χ0n) is 41.6. The van der Waals surface area contributed by atoms with Gasteiger partial charge in [-0.05, 0) is 72.2 Å². The van der Waals surface area contributed by atoms with Crippen molar-refractivity contribution in [2.45, 2.75) is 79.1 Å². The molecule has 0 unspecified atom stereocenters. The Balaban J connectivity index is 1.76. The molecule has 0 N–H and O–H groups in total. The zero-order valence-corrected chi connectivity index (χ0v) is 41.6. The molecule has 3 rings (SSSR count). The summed E-state index contributed by atoms with van der Waals surface area (Å²) in [7, 11) is 18.3. The lowest BCUT2D eigenvalue weighted by Gasteiger charge is -2.30. The van der Waals surface area contributed by atoms with E-state index in [4.69, 9.17) is 18.9 Å². The Morgan fingerprint density at radius 2 is 0.548 bits per heavy atom. The first-order chi connectivity index (χ1) is 29.5. The Kier molecular flexibility index (Phi) is 22.6. The predicted octanol–water partition coefficient (Wildman–Crippen LogP) is 11.0. The van der Waals surface area contributed by atoms with Crippen molar-refractivity contribution in [1.29, 1.82) is 0 Å². The molecule has 0 saturated heterocycles. The van der Waals surface area contributed by atoms with E-state index in [-0.39, 0.29) is 0 Å². The van der Waals surface area contributed by atoms with Crippen molar-refractivity contribution in [2.75, 3.05) is 135 Å². The van der Waals surface area contributed by atoms with Gasteiger partial charge in [-0.1, -0.05) is 102 Å². The summed E-state index contributed by atoms with van der Waals surface area (Å²) in [6.07, 6.45) is 18.4. The Bertz CT molecular complexity index is 1550. The van der Waals surface area contributed by atoms with E-state index in [9.17, 15) is 0 Å². The molecule has 346 valence electrons. The monoisotopic (exact) mass is 859 g/mol. The predicted molar refractivity (Wildman–Crippen MR) is 266 cm³/mol. The molecular weight excluding hydrogens is 769 g/mol. The third kappa shape index (κ3) is 22.0. The third-order valence-electron chi connectivity index (χ3n) is 12.0. The van der Waals surface area contributed by atoms with Crippen molar-refractivity contribution in [1.82, 2.24) is 0 Å². The second-order valence-electron chi connectivity index (χ2n) is 20.1. The molecule has 3 aromatic carbocycles. The average Bonchev–Trinajstić information content (AvgIpc) is 3.22. The van der Waals surface area contributed by atoms with Crippen LogP contribution in [0.4, 0.5) is 0 Å². The molecule has 0 heterocycles. The molecule has 0 fully saturated rings. The standard InChI is InChI=1S/C54H90N4O4/c1-13-17-29-55(5,6)33-37-59-51-41-49(42-52(45-51)60-38-34-56(7,8)30-18-14-2)27-25-47-21-23-48(24-22-47)26-28-50-43-53(61-39-35-57(9,10)31-19-15-3)46-54(44-50)62-40-36-58(11,12)32-20-16-4/h21-28,41-46H,13-20,29-40H2,1-12H3/q+4/b27-25+,28-26+. The molecule has 0 saturated carbocycles. The van der Waals surface area contributed by atoms with E-state index >= 15 is 0 Å². The van der Waals surface area contributed by atoms with Crippen LogP contribution in [0.3, 0.4) is 0 Å². The lowest BCUT2D eigenvalue weighted by atomic mass is 10.1. The highest BCUT2D eigenvalue weighted by Gasteiger charge is 2.18. The topological polar surface area (TPSA) is 36.9 Å². The minimum absolute atomic E-state index is 0.665. The molecule has 0 aliphatic heterocycles. The van der Waals surface area contributed by atoms with Crippen molar-refractivity contribution >= 4 is 24.3 Å². The highest BCUT2D eigenvalue weighted by Crippen LogP contribution is 2.27. The van der Waals surface area contributed by atoms with Gasteiger partial charge in [0.15, 0.2) is 0 Å². The van der Waals surface area contributed by atoms with Crippen LogP contribution < -0.4 is 18.9 Å². The maximum absolute atomic E-state index is 6.38. The molecule has 8 nitrogen and oxygen atoms in total. The van der Waals surface area contributed by atoms with Crippen LogP contribution in [0, 0.1) is 0 Å². The van der Waals surface area contributed by atoms with E-state index in [0.717, 1.165) is 116 Å². The van der Waals surface area contributed by atoms with Gasteiger partial charge in [0, 0.05) is 12.1 Å². The van der Waals surface area contributed by atoms with Gasteiger partial charge in [-0.3, -0.25) is 0 Å². The number of ether oxygens (including phenoxy) is 4. The molecule has 0 atom stereocenters. The number of benzene rings is 3. The minimum atomic E-state index is 0.665. The second-order valence-corrected chi connectivity index (χ2v) is 20.1. The van der Waals surface area contributed by atoms with Gasteiger partial charge in [0.1, 0.15) is 75.6 Å². The SMILES string of the molecule is CCCC[N+](C)(C)CCOc1cc(/C=C/c2ccc(/C=C/c3cc(OCC[N+](C)(C)CCCC)cc(OCC[N+](C)(C)CCCC)c3)cc2)cc(OCC[N+](C)(C)CCCC)c1. The highest BCUT2D eigenvalue weighted by molar-refractivity contribution is 5.74. The summed E-state index contributed by atoms with van der Waals surface area (Å²) in [5, 5.41) is 0. The summed E-state index contributed by atoms with van der Waals surface area (Å²) in [5.74, 6) is 3.41. The first-order valence-corrected chi connectivity index (χ1v) is 24.0. The fourth-order valence-electron chi connectivity index (χ4n) is 7.25. The fourth-order valence-corrected chi connectivity index (χ4v) is 7.25. The summed E-state index contributed by atoms with van der Waals surface area (Å²) in [5.41, 5.74) is 4.39. The summed E-state index contributed by atoms with van der Waals surface area (Å²) in [6.45, 7) is 20.1. The van der Waals surface area contributed by atoms with Crippen LogP contribution in [0.1, 0.15) is 101 Å². The van der Waals surface area contributed by atoms with Crippen LogP contribution >= 0.6 is 0 Å². The van der Waals surface area contributed by atoms with Crippen molar-refractivity contribution in [3.05, 3.63) is 82.9 Å². The molecule has 0 radical (unpaired) electrons. The molecular formula is C54H90N4O4+4. The van der Waals surface area contributed by atoms with Gasteiger partial charge >= 0.3 is 0 Å². The first-order valence-electron chi connectivity index (χ1n) is 24.0. The largest absolute Gasteiger partial charge is 0.488 e. The zero-order chi connectivity index (χ0) is 45.5. The molecule has 8 heteroatoms. The van der Waals surface area contributed by atoms with Gasteiger partial charge in [-0.25, -0.2) is 0 Å². The number of unbranched alkanes of at least 4 members (excludes halogenated alkanes) is 4. The molecule has 0 aliphatic rings. The quantitative estimate of drug-likeness (QED) is 0.0463. The molecule has 0 amide bonds. The van der Waals surface area contributed by atoms with Gasteiger partial charge in [0.2, 0.25) is 0 Å². The van der Waals surface area contributed by atoms with Crippen molar-refractivity contribution in [3.8, 4) is 23.0 Å². The molecule has 0 aliphatic carbocycles. The van der Waals surface area contributed by atoms with Gasteiger partial charge in [-0.2, -0.15) is 0 Å². The van der Waals surface area contributed by atoms with E-state index in [2.05, 4.69) is 169 Å². The maximum atomic E-state index is 6.38. The van der Waals surface area contributed by atoms with Crippen LogP contribution in [-0.4, -0.2) is 153 Å². The summed E-state index contributed by atoms with van der Waals surface area (Å²) < 4.78 is 29.4. The summed E-state index contributed by atoms with van der Waals surface area (Å²) in [4.78, 5) is 0. The van der Waals surface area contributed by atoms with Gasteiger partial charge in [0.05, 0.1) is 82.6 Å². The third-order valence-corrected chi connectivity index (χ3v) is 12.0. The van der Waals surface area contributed by atoms with Crippen LogP contribution in [0.25, 0.3) is 24.3 Å². The number of rotatable bonds is 32. The fraction of sp³-hybridized carbons (Fsp3) is 0.593. The highest BCUT2D eigenvalue weighted by atomic mass is 16.5. The average molecular weight is 859 g/mol. The molecule has 0 spiro atoms. The van der Waals surface area contributed by atoms with Crippen LogP contribution in [0.2, 0.25) is 0 Å². The molecule has 3 aromatic rings. The lowest BCUT2D eigenvalue weighted by molar-refractivity contribution is -0.890. The number of hydrogen-bond donors (Lipinski definition) is 0. The van der Waals surface area contributed by atoms with Gasteiger partial charge in [-0.15, -0.1) is 0 Å². The van der Waals surface area contributed by atoms with Crippen LogP contribution in [0.5, 0.6) is 23.0 Å². The molecule has 0 bridgehead atoms. The van der Waals surface area contributed by atoms with E-state index in [1.165, 1.54) is 51.4 Å². The number of likely N-dealkylation sites (N-methyl/N-ethyl adjacent to an activating group) is 4. The molecule has 62 heavy (non-hydrogen) atoms. The van der Waals surface area contributed by atoms with Gasteiger partial charge < -0.3 is 36.9 Å². The van der Waals surface area contributed by atoms with Crippen molar-refractivity contribution in [3.63, 3.8) is 0 Å². The normalized spacial score (nSPS) is 12.7. The Hall–Kier alpha value is -3.82. The van der Waals surface area contributed by atoms with Crippen molar-refractivity contribution < 1.29 is 36.9 Å². The summed E-state index contributed by atoms with van der Waals surface area (Å²) in [6, 6.07) is 21.3. The number of nitrogens with zero attached hydrogens (tertiary/aromatic N) is 4. The second kappa shape index (κ2) is 26.7. The van der Waals surface area contributed by atoms with Crippen LogP contribution in [0.15, 0.2) is 60.7 Å². The lowest BCUT2D eigenvalue weighted by Crippen LogP contribution is -2.43. The Morgan fingerprint density at radius 1 is 0.323 bits per heavy atom. The van der Waals surface area contributed by atoms with E-state index in [1.807, 2.05) is 0 Å². The molecule has 0 aromatic heterocycles. The Labute approximate surface area is 380 Å². The van der Waals surface area contributed by atoms with Gasteiger partial charge in [0.25, 0.3) is 0 Å².